The van der Waals surface area contributed by atoms with Crippen LogP contribution < -0.4 is 0 Å². The molecule has 6 heteroatoms. The molecule has 0 aliphatic carbocycles. The van der Waals surface area contributed by atoms with E-state index in [-0.39, 0.29) is 5.69 Å². The molecular formula is C14H16F2N2O2. The smallest absolute Gasteiger partial charge is 0.410 e. The van der Waals surface area contributed by atoms with Crippen molar-refractivity contribution in [1.82, 2.24) is 9.88 Å². The summed E-state index contributed by atoms with van der Waals surface area (Å²) in [7, 11) is 0. The van der Waals surface area contributed by atoms with Crippen LogP contribution in [0.1, 0.15) is 37.6 Å². The van der Waals surface area contributed by atoms with E-state index in [1.807, 2.05) is 0 Å². The van der Waals surface area contributed by atoms with Crippen LogP contribution in [0.25, 0.3) is 6.08 Å². The van der Waals surface area contributed by atoms with Crippen LogP contribution in [-0.4, -0.2) is 21.6 Å². The monoisotopic (exact) mass is 282 g/mol. The Balaban J connectivity index is 2.11. The molecule has 108 valence electrons. The number of fused-ring (bicyclic) bond motifs is 1. The quantitative estimate of drug-likeness (QED) is 0.790. The van der Waals surface area contributed by atoms with Gasteiger partial charge in [0.15, 0.2) is 0 Å². The van der Waals surface area contributed by atoms with E-state index >= 15 is 0 Å². The molecule has 4 nitrogen and oxygen atoms in total. The highest BCUT2D eigenvalue weighted by Gasteiger charge is 2.28. The lowest BCUT2D eigenvalue weighted by molar-refractivity contribution is 0.0242. The molecule has 2 rings (SSSR count). The Morgan fingerprint density at radius 1 is 1.35 bits per heavy atom. The second-order valence-electron chi connectivity index (χ2n) is 5.65. The topological polar surface area (TPSA) is 42.4 Å². The Morgan fingerprint density at radius 2 is 2.00 bits per heavy atom. The third kappa shape index (κ3) is 3.53. The molecular weight excluding hydrogens is 266 g/mol. The van der Waals surface area contributed by atoms with Gasteiger partial charge in [0.1, 0.15) is 5.60 Å². The van der Waals surface area contributed by atoms with Gasteiger partial charge in [-0.05, 0) is 38.0 Å². The van der Waals surface area contributed by atoms with E-state index in [1.165, 1.54) is 11.1 Å². The normalized spacial score (nSPS) is 13.9. The van der Waals surface area contributed by atoms with E-state index in [4.69, 9.17) is 4.74 Å². The summed E-state index contributed by atoms with van der Waals surface area (Å²) in [6.07, 6.45) is 0.0205. The maximum Gasteiger partial charge on any atom is 0.410 e. The predicted molar refractivity (Wildman–Crippen MR) is 69.9 cm³/mol. The second kappa shape index (κ2) is 5.19. The van der Waals surface area contributed by atoms with Gasteiger partial charge in [-0.25, -0.2) is 4.79 Å². The number of carbonyl (C=O) groups is 1. The first-order valence-corrected chi connectivity index (χ1v) is 6.23. The van der Waals surface area contributed by atoms with Gasteiger partial charge < -0.3 is 4.74 Å². The van der Waals surface area contributed by atoms with Gasteiger partial charge in [0.05, 0.1) is 12.2 Å². The van der Waals surface area contributed by atoms with Crippen LogP contribution in [0.15, 0.2) is 18.3 Å². The molecule has 1 aromatic rings. The van der Waals surface area contributed by atoms with Crippen molar-refractivity contribution < 1.29 is 18.3 Å². The molecule has 0 aromatic carbocycles. The van der Waals surface area contributed by atoms with Crippen molar-refractivity contribution in [3.05, 3.63) is 35.2 Å². The molecule has 2 heterocycles. The third-order valence-corrected chi connectivity index (χ3v) is 2.74. The highest BCUT2D eigenvalue weighted by molar-refractivity contribution is 5.69. The predicted octanol–water partition coefficient (Wildman–Crippen LogP) is 3.57. The van der Waals surface area contributed by atoms with Gasteiger partial charge >= 0.3 is 6.09 Å². The molecule has 0 spiro atoms. The molecule has 1 amide bonds. The van der Waals surface area contributed by atoms with E-state index in [2.05, 4.69) is 4.98 Å². The summed E-state index contributed by atoms with van der Waals surface area (Å²) >= 11 is 0. The minimum Gasteiger partial charge on any atom is -0.444 e. The van der Waals surface area contributed by atoms with Gasteiger partial charge in [0.2, 0.25) is 0 Å². The lowest BCUT2D eigenvalue weighted by atomic mass is 10.1. The summed E-state index contributed by atoms with van der Waals surface area (Å²) in [5, 5.41) is 0. The lowest BCUT2D eigenvalue weighted by Gasteiger charge is -2.24. The van der Waals surface area contributed by atoms with Crippen LogP contribution >= 0.6 is 0 Å². The molecule has 1 aliphatic rings. The molecule has 0 saturated carbocycles. The Kier molecular flexibility index (Phi) is 3.74. The van der Waals surface area contributed by atoms with E-state index in [0.29, 0.717) is 19.2 Å². The highest BCUT2D eigenvalue weighted by atomic mass is 19.3. The summed E-state index contributed by atoms with van der Waals surface area (Å²) in [6, 6.07) is 1.57. The molecule has 0 atom stereocenters. The average molecular weight is 282 g/mol. The van der Waals surface area contributed by atoms with Gasteiger partial charge in [-0.2, -0.15) is 8.78 Å². The number of nitrogens with zero attached hydrogens (tertiary/aromatic N) is 2. The van der Waals surface area contributed by atoms with E-state index < -0.39 is 17.8 Å². The summed E-state index contributed by atoms with van der Waals surface area (Å²) in [5.74, 6) is 0. The fourth-order valence-electron chi connectivity index (χ4n) is 1.95. The Labute approximate surface area is 116 Å². The van der Waals surface area contributed by atoms with Crippen molar-refractivity contribution in [2.75, 3.05) is 0 Å². The first-order chi connectivity index (χ1) is 9.24. The molecule has 0 saturated heterocycles. The van der Waals surface area contributed by atoms with E-state index in [9.17, 15) is 13.6 Å². The van der Waals surface area contributed by atoms with Crippen molar-refractivity contribution in [3.8, 4) is 0 Å². The van der Waals surface area contributed by atoms with Gasteiger partial charge in [0, 0.05) is 18.8 Å². The van der Waals surface area contributed by atoms with Crippen molar-refractivity contribution in [2.45, 2.75) is 39.5 Å². The van der Waals surface area contributed by atoms with Crippen molar-refractivity contribution in [2.24, 2.45) is 0 Å². The van der Waals surface area contributed by atoms with Crippen LogP contribution in [0.2, 0.25) is 0 Å². The van der Waals surface area contributed by atoms with E-state index in [0.717, 1.165) is 11.1 Å². The Hall–Kier alpha value is -1.98. The molecule has 0 N–H and O–H groups in total. The molecule has 0 bridgehead atoms. The number of hydrogen-bond acceptors (Lipinski definition) is 3. The SMILES string of the molecule is CC(C)(C)OC(=O)N1Cc2cnc(C=C(F)F)cc2C1. The number of hydrogen-bond donors (Lipinski definition) is 0. The number of ether oxygens (including phenoxy) is 1. The Morgan fingerprint density at radius 3 is 2.60 bits per heavy atom. The maximum atomic E-state index is 12.2. The fourth-order valence-corrected chi connectivity index (χ4v) is 1.95. The van der Waals surface area contributed by atoms with Crippen LogP contribution in [0.4, 0.5) is 13.6 Å². The first-order valence-electron chi connectivity index (χ1n) is 6.23. The molecule has 0 fully saturated rings. The standard InChI is InChI=1S/C14H16F2N2O2/c1-14(2,3)20-13(19)18-7-9-4-11(5-12(15)16)17-6-10(9)8-18/h4-6H,7-8H2,1-3H3. The number of amides is 1. The Bertz CT molecular complexity index is 561. The molecule has 0 unspecified atom stereocenters. The maximum absolute atomic E-state index is 12.2. The third-order valence-electron chi connectivity index (χ3n) is 2.74. The molecule has 1 aromatic heterocycles. The largest absolute Gasteiger partial charge is 0.444 e. The van der Waals surface area contributed by atoms with Crippen LogP contribution in [0.3, 0.4) is 0 Å². The highest BCUT2D eigenvalue weighted by Crippen LogP contribution is 2.25. The number of aromatic nitrogens is 1. The number of rotatable bonds is 1. The summed E-state index contributed by atoms with van der Waals surface area (Å²) in [4.78, 5) is 17.4. The van der Waals surface area contributed by atoms with Crippen molar-refractivity contribution >= 4 is 12.2 Å². The summed E-state index contributed by atoms with van der Waals surface area (Å²) in [6.45, 7) is 6.12. The zero-order valence-corrected chi connectivity index (χ0v) is 11.6. The van der Waals surface area contributed by atoms with Gasteiger partial charge in [-0.15, -0.1) is 0 Å². The van der Waals surface area contributed by atoms with Crippen molar-refractivity contribution in [3.63, 3.8) is 0 Å². The van der Waals surface area contributed by atoms with Gasteiger partial charge in [0.25, 0.3) is 6.08 Å². The zero-order valence-electron chi connectivity index (χ0n) is 11.6. The van der Waals surface area contributed by atoms with Gasteiger partial charge in [-0.1, -0.05) is 0 Å². The van der Waals surface area contributed by atoms with Crippen LogP contribution in [-0.2, 0) is 17.8 Å². The van der Waals surface area contributed by atoms with Gasteiger partial charge in [-0.3, -0.25) is 9.88 Å². The fraction of sp³-hybridized carbons (Fsp3) is 0.429. The number of halogens is 2. The zero-order chi connectivity index (χ0) is 14.9. The van der Waals surface area contributed by atoms with E-state index in [1.54, 1.807) is 26.8 Å². The summed E-state index contributed by atoms with van der Waals surface area (Å²) in [5.41, 5.74) is 1.30. The molecule has 0 radical (unpaired) electrons. The first kappa shape index (κ1) is 14.4. The molecule has 20 heavy (non-hydrogen) atoms. The number of carbonyl (C=O) groups excluding carboxylic acids is 1. The molecule has 1 aliphatic heterocycles. The minimum absolute atomic E-state index is 0.190. The van der Waals surface area contributed by atoms with Crippen molar-refractivity contribution in [1.29, 1.82) is 0 Å². The van der Waals surface area contributed by atoms with Crippen LogP contribution in [0, 0.1) is 0 Å². The summed E-state index contributed by atoms with van der Waals surface area (Å²) < 4.78 is 29.7. The second-order valence-corrected chi connectivity index (χ2v) is 5.65. The number of pyridine rings is 1. The lowest BCUT2D eigenvalue weighted by Crippen LogP contribution is -2.33. The average Bonchev–Trinajstić information content (AvgIpc) is 2.68. The van der Waals surface area contributed by atoms with Crippen LogP contribution in [0.5, 0.6) is 0 Å². The minimum atomic E-state index is -1.79.